The molecule has 126 valence electrons. The van der Waals surface area contributed by atoms with Gasteiger partial charge in [0.1, 0.15) is 5.75 Å². The van der Waals surface area contributed by atoms with Crippen molar-refractivity contribution in [2.75, 3.05) is 5.32 Å². The molecule has 2 rings (SSSR count). The highest BCUT2D eigenvalue weighted by molar-refractivity contribution is 6.31. The SMILES string of the molecule is O=C(Nc1ccccc1C(=O)C(F)(F)F)C(Cl)Oc1ccccc1. The van der Waals surface area contributed by atoms with E-state index >= 15 is 0 Å². The minimum atomic E-state index is -5.05. The number of carbonyl (C=O) groups is 2. The first kappa shape index (κ1) is 17.8. The Hall–Kier alpha value is -2.54. The number of amides is 1. The molecule has 0 radical (unpaired) electrons. The van der Waals surface area contributed by atoms with Gasteiger partial charge in [0.15, 0.2) is 0 Å². The van der Waals surface area contributed by atoms with Crippen LogP contribution in [0.5, 0.6) is 5.75 Å². The first-order valence-electron chi connectivity index (χ1n) is 6.66. The summed E-state index contributed by atoms with van der Waals surface area (Å²) in [6.45, 7) is 0. The summed E-state index contributed by atoms with van der Waals surface area (Å²) >= 11 is 5.80. The van der Waals surface area contributed by atoms with Gasteiger partial charge in [0.05, 0.1) is 11.3 Å². The average molecular weight is 358 g/mol. The van der Waals surface area contributed by atoms with Crippen LogP contribution >= 0.6 is 11.6 Å². The van der Waals surface area contributed by atoms with Crippen molar-refractivity contribution < 1.29 is 27.5 Å². The Kier molecular flexibility index (Phi) is 5.46. The third kappa shape index (κ3) is 4.48. The van der Waals surface area contributed by atoms with Crippen molar-refractivity contribution in [2.24, 2.45) is 0 Å². The fourth-order valence-electron chi connectivity index (χ4n) is 1.80. The molecule has 8 heteroatoms. The molecule has 2 aromatic carbocycles. The summed E-state index contributed by atoms with van der Waals surface area (Å²) in [6.07, 6.45) is -5.05. The van der Waals surface area contributed by atoms with E-state index in [1.807, 2.05) is 0 Å². The van der Waals surface area contributed by atoms with Gasteiger partial charge in [0.25, 0.3) is 17.3 Å². The maximum atomic E-state index is 12.6. The summed E-state index contributed by atoms with van der Waals surface area (Å²) in [5.74, 6) is -2.65. The van der Waals surface area contributed by atoms with E-state index in [0.717, 1.165) is 6.07 Å². The highest BCUT2D eigenvalue weighted by atomic mass is 35.5. The Labute approximate surface area is 140 Å². The highest BCUT2D eigenvalue weighted by Crippen LogP contribution is 2.26. The van der Waals surface area contributed by atoms with Gasteiger partial charge in [-0.25, -0.2) is 0 Å². The third-order valence-corrected chi connectivity index (χ3v) is 3.16. The second-order valence-electron chi connectivity index (χ2n) is 4.61. The van der Waals surface area contributed by atoms with Crippen LogP contribution < -0.4 is 10.1 Å². The van der Waals surface area contributed by atoms with Gasteiger partial charge in [-0.05, 0) is 24.3 Å². The molecule has 1 atom stereocenters. The molecule has 0 aliphatic rings. The monoisotopic (exact) mass is 357 g/mol. The molecule has 1 amide bonds. The molecule has 0 saturated heterocycles. The molecule has 2 aromatic rings. The number of ether oxygens (including phenoxy) is 1. The van der Waals surface area contributed by atoms with Crippen LogP contribution in [0.4, 0.5) is 18.9 Å². The van der Waals surface area contributed by atoms with E-state index in [0.29, 0.717) is 5.75 Å². The summed E-state index contributed by atoms with van der Waals surface area (Å²) < 4.78 is 42.9. The summed E-state index contributed by atoms with van der Waals surface area (Å²) in [7, 11) is 0. The zero-order chi connectivity index (χ0) is 17.7. The molecule has 0 spiro atoms. The fraction of sp³-hybridized carbons (Fsp3) is 0.125. The lowest BCUT2D eigenvalue weighted by Crippen LogP contribution is -2.30. The zero-order valence-electron chi connectivity index (χ0n) is 12.0. The Morgan fingerprint density at radius 2 is 1.58 bits per heavy atom. The van der Waals surface area contributed by atoms with Gasteiger partial charge >= 0.3 is 6.18 Å². The fourth-order valence-corrected chi connectivity index (χ4v) is 1.96. The number of hydrogen-bond acceptors (Lipinski definition) is 3. The van der Waals surface area contributed by atoms with Gasteiger partial charge in [0.2, 0.25) is 0 Å². The van der Waals surface area contributed by atoms with E-state index in [-0.39, 0.29) is 5.69 Å². The highest BCUT2D eigenvalue weighted by Gasteiger charge is 2.40. The Balaban J connectivity index is 2.13. The number of halogens is 4. The smallest absolute Gasteiger partial charge is 0.454 e. The number of nitrogens with one attached hydrogen (secondary N) is 1. The summed E-state index contributed by atoms with van der Waals surface area (Å²) in [6, 6.07) is 12.9. The first-order valence-corrected chi connectivity index (χ1v) is 7.10. The number of benzene rings is 2. The zero-order valence-corrected chi connectivity index (χ0v) is 12.8. The molecule has 0 saturated carbocycles. The van der Waals surface area contributed by atoms with Crippen LogP contribution in [0.3, 0.4) is 0 Å². The molecular formula is C16H11ClF3NO3. The van der Waals surface area contributed by atoms with E-state index in [1.165, 1.54) is 18.2 Å². The molecule has 0 aromatic heterocycles. The number of alkyl halides is 4. The number of para-hydroxylation sites is 2. The van der Waals surface area contributed by atoms with Gasteiger partial charge in [-0.3, -0.25) is 9.59 Å². The van der Waals surface area contributed by atoms with Crippen LogP contribution in [0.25, 0.3) is 0 Å². The summed E-state index contributed by atoms with van der Waals surface area (Å²) in [4.78, 5) is 23.4. The number of anilines is 1. The summed E-state index contributed by atoms with van der Waals surface area (Å²) in [5, 5.41) is 2.17. The van der Waals surface area contributed by atoms with Crippen molar-refractivity contribution in [3.8, 4) is 5.75 Å². The standard InChI is InChI=1S/C16H11ClF3NO3/c17-14(24-10-6-2-1-3-7-10)15(23)21-12-9-5-4-8-11(12)13(22)16(18,19)20/h1-9,14H,(H,21,23). The van der Waals surface area contributed by atoms with Gasteiger partial charge < -0.3 is 10.1 Å². The molecule has 1 unspecified atom stereocenters. The maximum Gasteiger partial charge on any atom is 0.454 e. The molecule has 4 nitrogen and oxygen atoms in total. The predicted molar refractivity (Wildman–Crippen MR) is 82.2 cm³/mol. The molecule has 24 heavy (non-hydrogen) atoms. The number of carbonyl (C=O) groups excluding carboxylic acids is 2. The van der Waals surface area contributed by atoms with E-state index in [9.17, 15) is 22.8 Å². The van der Waals surface area contributed by atoms with Crippen molar-refractivity contribution in [1.82, 2.24) is 0 Å². The van der Waals surface area contributed by atoms with Crippen molar-refractivity contribution in [1.29, 1.82) is 0 Å². The minimum absolute atomic E-state index is 0.299. The van der Waals surface area contributed by atoms with Crippen LogP contribution in [0, 0.1) is 0 Å². The van der Waals surface area contributed by atoms with Crippen molar-refractivity contribution in [3.05, 3.63) is 60.2 Å². The quantitative estimate of drug-likeness (QED) is 0.649. The number of hydrogen-bond donors (Lipinski definition) is 1. The molecule has 0 fully saturated rings. The number of rotatable bonds is 5. The number of ketones is 1. The lowest BCUT2D eigenvalue weighted by Gasteiger charge is -2.15. The average Bonchev–Trinajstić information content (AvgIpc) is 2.54. The second kappa shape index (κ2) is 7.35. The Morgan fingerprint density at radius 3 is 2.21 bits per heavy atom. The van der Waals surface area contributed by atoms with Crippen LogP contribution in [-0.2, 0) is 4.79 Å². The molecule has 0 heterocycles. The van der Waals surface area contributed by atoms with Crippen LogP contribution in [0.15, 0.2) is 54.6 Å². The minimum Gasteiger partial charge on any atom is -0.465 e. The lowest BCUT2D eigenvalue weighted by molar-refractivity contribution is -0.119. The van der Waals surface area contributed by atoms with Gasteiger partial charge in [0, 0.05) is 0 Å². The Bertz CT molecular complexity index is 735. The van der Waals surface area contributed by atoms with Crippen LogP contribution in [-0.4, -0.2) is 23.4 Å². The third-order valence-electron chi connectivity index (χ3n) is 2.88. The van der Waals surface area contributed by atoms with E-state index in [4.69, 9.17) is 16.3 Å². The van der Waals surface area contributed by atoms with Gasteiger partial charge in [-0.2, -0.15) is 13.2 Å². The van der Waals surface area contributed by atoms with Crippen LogP contribution in [0.2, 0.25) is 0 Å². The van der Waals surface area contributed by atoms with Gasteiger partial charge in [-0.15, -0.1) is 0 Å². The van der Waals surface area contributed by atoms with E-state index in [1.54, 1.807) is 30.3 Å². The molecule has 0 bridgehead atoms. The second-order valence-corrected chi connectivity index (χ2v) is 5.01. The maximum absolute atomic E-state index is 12.6. The largest absolute Gasteiger partial charge is 0.465 e. The number of Topliss-reactive ketones (excluding diaryl/α,β-unsaturated/α-hetero) is 1. The predicted octanol–water partition coefficient (Wildman–Crippen LogP) is 4.01. The molecule has 1 N–H and O–H groups in total. The molecule has 0 aliphatic carbocycles. The van der Waals surface area contributed by atoms with E-state index < -0.39 is 29.0 Å². The molecule has 0 aliphatic heterocycles. The van der Waals surface area contributed by atoms with Crippen molar-refractivity contribution in [3.63, 3.8) is 0 Å². The van der Waals surface area contributed by atoms with Crippen molar-refractivity contribution >= 4 is 29.0 Å². The van der Waals surface area contributed by atoms with E-state index in [2.05, 4.69) is 5.32 Å². The lowest BCUT2D eigenvalue weighted by atomic mass is 10.1. The molecular weight excluding hydrogens is 347 g/mol. The van der Waals surface area contributed by atoms with Crippen molar-refractivity contribution in [2.45, 2.75) is 11.7 Å². The topological polar surface area (TPSA) is 55.4 Å². The summed E-state index contributed by atoms with van der Waals surface area (Å²) in [5.41, 5.74) is -2.46. The Morgan fingerprint density at radius 1 is 1.00 bits per heavy atom. The first-order chi connectivity index (χ1) is 11.3. The normalized spacial score (nSPS) is 12.3. The van der Waals surface area contributed by atoms with Gasteiger partial charge in [-0.1, -0.05) is 41.9 Å². The van der Waals surface area contributed by atoms with Crippen LogP contribution in [0.1, 0.15) is 10.4 Å².